The number of amides is 1. The van der Waals surface area contributed by atoms with Crippen molar-refractivity contribution in [2.45, 2.75) is 46.6 Å². The van der Waals surface area contributed by atoms with Crippen LogP contribution in [0.25, 0.3) is 0 Å². The second kappa shape index (κ2) is 11.6. The van der Waals surface area contributed by atoms with E-state index in [4.69, 9.17) is 9.39 Å². The highest BCUT2D eigenvalue weighted by molar-refractivity contribution is 6.62. The smallest absolute Gasteiger partial charge is 0.459 e. The Bertz CT molecular complexity index is 1080. The number of carbonyl (C=O) groups is 2. The molecule has 2 aliphatic rings. The molecule has 0 aliphatic carbocycles. The van der Waals surface area contributed by atoms with Crippen molar-refractivity contribution in [3.8, 4) is 0 Å². The quantitative estimate of drug-likeness (QED) is 0.425. The Balaban J connectivity index is 1.33. The summed E-state index contributed by atoms with van der Waals surface area (Å²) >= 11 is 0. The highest BCUT2D eigenvalue weighted by atomic mass is 16.5. The van der Waals surface area contributed by atoms with E-state index in [1.807, 2.05) is 26.0 Å². The zero-order valence-electron chi connectivity index (χ0n) is 21.6. The van der Waals surface area contributed by atoms with Gasteiger partial charge in [0.1, 0.15) is 12.6 Å². The molecule has 2 aromatic rings. The van der Waals surface area contributed by atoms with E-state index in [0.29, 0.717) is 23.2 Å². The van der Waals surface area contributed by atoms with Crippen LogP contribution in [0.3, 0.4) is 0 Å². The van der Waals surface area contributed by atoms with Gasteiger partial charge in [-0.05, 0) is 53.7 Å². The van der Waals surface area contributed by atoms with Crippen molar-refractivity contribution in [2.24, 2.45) is 5.92 Å². The number of esters is 1. The fourth-order valence-corrected chi connectivity index (χ4v) is 4.72. The number of hydrogen-bond acceptors (Lipinski definition) is 7. The van der Waals surface area contributed by atoms with Gasteiger partial charge in [-0.15, -0.1) is 0 Å². The predicted octanol–water partition coefficient (Wildman–Crippen LogP) is 1.46. The van der Waals surface area contributed by atoms with Crippen LogP contribution in [-0.2, 0) is 33.9 Å². The maximum Gasteiger partial charge on any atom is 0.492 e. The molecular weight excluding hydrogens is 457 g/mol. The number of benzene rings is 2. The van der Waals surface area contributed by atoms with Crippen molar-refractivity contribution in [1.82, 2.24) is 15.1 Å². The number of nitrogens with zero attached hydrogens (tertiary/aromatic N) is 2. The minimum atomic E-state index is -1.04. The van der Waals surface area contributed by atoms with E-state index in [-0.39, 0.29) is 18.4 Å². The van der Waals surface area contributed by atoms with Crippen LogP contribution in [0.4, 0.5) is 0 Å². The lowest BCUT2D eigenvalue weighted by Crippen LogP contribution is -2.46. The van der Waals surface area contributed by atoms with Gasteiger partial charge in [-0.2, -0.15) is 0 Å². The molecule has 0 saturated carbocycles. The summed E-state index contributed by atoms with van der Waals surface area (Å²) in [6.07, 6.45) is 0. The summed E-state index contributed by atoms with van der Waals surface area (Å²) in [6, 6.07) is 10.8. The first-order chi connectivity index (χ1) is 17.2. The molecule has 192 valence electrons. The number of rotatable bonds is 8. The Morgan fingerprint density at radius 2 is 1.75 bits per heavy atom. The standard InChI is InChI=1S/C27H36BN3O5/c1-18(2)25(29-26(32)23-10-9-22-17-36-28(34)24(22)19(23)3)27(33)35-16-21-7-5-20(6-8-21)15-31-13-11-30(4)12-14-31/h5-10,18,25,34H,11-17H2,1-4H3,(H,29,32)/t25-/m0/s1. The zero-order valence-corrected chi connectivity index (χ0v) is 21.6. The molecule has 2 N–H and O–H groups in total. The Kier molecular flexibility index (Phi) is 8.46. The highest BCUT2D eigenvalue weighted by Gasteiger charge is 2.32. The van der Waals surface area contributed by atoms with E-state index in [1.54, 1.807) is 19.1 Å². The lowest BCUT2D eigenvalue weighted by atomic mass is 9.75. The summed E-state index contributed by atoms with van der Waals surface area (Å²) in [5.41, 5.74) is 4.70. The molecule has 1 fully saturated rings. The van der Waals surface area contributed by atoms with Gasteiger partial charge in [0.05, 0.1) is 6.61 Å². The molecule has 2 aliphatic heterocycles. The Labute approximate surface area is 213 Å². The Hall–Kier alpha value is -2.72. The van der Waals surface area contributed by atoms with E-state index in [2.05, 4.69) is 34.3 Å². The van der Waals surface area contributed by atoms with Gasteiger partial charge in [-0.25, -0.2) is 4.79 Å². The van der Waals surface area contributed by atoms with Crippen molar-refractivity contribution in [2.75, 3.05) is 33.2 Å². The van der Waals surface area contributed by atoms with E-state index >= 15 is 0 Å². The van der Waals surface area contributed by atoms with Gasteiger partial charge in [-0.3, -0.25) is 9.69 Å². The highest BCUT2D eigenvalue weighted by Crippen LogP contribution is 2.17. The largest absolute Gasteiger partial charge is 0.492 e. The fourth-order valence-electron chi connectivity index (χ4n) is 4.72. The average Bonchev–Trinajstić information content (AvgIpc) is 3.24. The van der Waals surface area contributed by atoms with Crippen molar-refractivity contribution in [3.05, 3.63) is 64.2 Å². The molecule has 0 unspecified atom stereocenters. The first kappa shape index (κ1) is 26.4. The topological polar surface area (TPSA) is 91.3 Å². The summed E-state index contributed by atoms with van der Waals surface area (Å²) in [6.45, 7) is 11.2. The van der Waals surface area contributed by atoms with E-state index in [9.17, 15) is 14.6 Å². The lowest BCUT2D eigenvalue weighted by Gasteiger charge is -2.32. The third-order valence-corrected chi connectivity index (χ3v) is 7.11. The molecule has 2 aromatic carbocycles. The Morgan fingerprint density at radius 1 is 1.08 bits per heavy atom. The van der Waals surface area contributed by atoms with E-state index in [0.717, 1.165) is 43.9 Å². The third-order valence-electron chi connectivity index (χ3n) is 7.11. The average molecular weight is 493 g/mol. The van der Waals surface area contributed by atoms with Crippen LogP contribution in [0.5, 0.6) is 0 Å². The molecular formula is C27H36BN3O5. The number of nitrogens with one attached hydrogen (secondary N) is 1. The van der Waals surface area contributed by atoms with Gasteiger partial charge in [0.15, 0.2) is 0 Å². The first-order valence-electron chi connectivity index (χ1n) is 12.6. The summed E-state index contributed by atoms with van der Waals surface area (Å²) in [7, 11) is 1.11. The minimum absolute atomic E-state index is 0.147. The molecule has 4 rings (SSSR count). The summed E-state index contributed by atoms with van der Waals surface area (Å²) in [5, 5.41) is 12.9. The van der Waals surface area contributed by atoms with Crippen molar-refractivity contribution in [3.63, 3.8) is 0 Å². The number of ether oxygens (including phenoxy) is 1. The van der Waals surface area contributed by atoms with Gasteiger partial charge in [0.25, 0.3) is 5.91 Å². The van der Waals surface area contributed by atoms with Crippen molar-refractivity contribution in [1.29, 1.82) is 0 Å². The van der Waals surface area contributed by atoms with Crippen molar-refractivity contribution < 1.29 is 24.0 Å². The van der Waals surface area contributed by atoms with E-state index < -0.39 is 19.1 Å². The molecule has 9 heteroatoms. The second-order valence-corrected chi connectivity index (χ2v) is 10.2. The summed E-state index contributed by atoms with van der Waals surface area (Å²) in [4.78, 5) is 30.7. The van der Waals surface area contributed by atoms with E-state index in [1.165, 1.54) is 5.56 Å². The zero-order chi connectivity index (χ0) is 25.8. The number of hydrogen-bond donors (Lipinski definition) is 2. The summed E-state index contributed by atoms with van der Waals surface area (Å²) in [5.74, 6) is -1.00. The lowest BCUT2D eigenvalue weighted by molar-refractivity contribution is -0.148. The molecule has 1 atom stereocenters. The van der Waals surface area contributed by atoms with Crippen LogP contribution < -0.4 is 10.8 Å². The van der Waals surface area contributed by atoms with Gasteiger partial charge in [0.2, 0.25) is 0 Å². The van der Waals surface area contributed by atoms with Gasteiger partial charge in [0, 0.05) is 38.3 Å². The van der Waals surface area contributed by atoms with Crippen molar-refractivity contribution >= 4 is 24.5 Å². The molecule has 0 radical (unpaired) electrons. The van der Waals surface area contributed by atoms with Crippen LogP contribution in [-0.4, -0.2) is 73.1 Å². The molecule has 1 saturated heterocycles. The fraction of sp³-hybridized carbons (Fsp3) is 0.481. The van der Waals surface area contributed by atoms with Crippen LogP contribution in [0.2, 0.25) is 0 Å². The SMILES string of the molecule is Cc1c(C(=O)N[C@H](C(=O)OCc2ccc(CN3CCN(C)CC3)cc2)C(C)C)ccc2c1B(O)OC2. The van der Waals surface area contributed by atoms with Gasteiger partial charge < -0.3 is 24.6 Å². The number of likely N-dealkylation sites (N-methyl/N-ethyl adjacent to an activating group) is 1. The van der Waals surface area contributed by atoms with Gasteiger partial charge >= 0.3 is 13.1 Å². The molecule has 2 heterocycles. The molecule has 0 bridgehead atoms. The molecule has 1 amide bonds. The second-order valence-electron chi connectivity index (χ2n) is 10.2. The summed E-state index contributed by atoms with van der Waals surface area (Å²) < 4.78 is 10.8. The van der Waals surface area contributed by atoms with Crippen LogP contribution in [0.15, 0.2) is 36.4 Å². The number of carbonyl (C=O) groups excluding carboxylic acids is 2. The maximum atomic E-state index is 13.0. The molecule has 0 aromatic heterocycles. The van der Waals surface area contributed by atoms with Crippen LogP contribution >= 0.6 is 0 Å². The first-order valence-corrected chi connectivity index (χ1v) is 12.6. The molecule has 8 nitrogen and oxygen atoms in total. The van der Waals surface area contributed by atoms with Crippen LogP contribution in [0.1, 0.15) is 46.5 Å². The normalized spacial score (nSPS) is 17.2. The minimum Gasteiger partial charge on any atom is -0.459 e. The van der Waals surface area contributed by atoms with Gasteiger partial charge in [-0.1, -0.05) is 44.2 Å². The number of piperazine rings is 1. The third kappa shape index (κ3) is 6.15. The molecule has 36 heavy (non-hydrogen) atoms. The maximum absolute atomic E-state index is 13.0. The Morgan fingerprint density at radius 3 is 2.42 bits per heavy atom. The molecule has 0 spiro atoms. The number of fused-ring (bicyclic) bond motifs is 1. The monoisotopic (exact) mass is 493 g/mol. The van der Waals surface area contributed by atoms with Crippen LogP contribution in [0, 0.1) is 12.8 Å². The predicted molar refractivity (Wildman–Crippen MR) is 139 cm³/mol.